The zero-order valence-corrected chi connectivity index (χ0v) is 11.4. The van der Waals surface area contributed by atoms with Crippen LogP contribution in [-0.4, -0.2) is 29.6 Å². The molecule has 0 bridgehead atoms. The van der Waals surface area contributed by atoms with Crippen LogP contribution in [0.25, 0.3) is 0 Å². The molecular formula is C12H14FN3O2S. The van der Waals surface area contributed by atoms with Crippen molar-refractivity contribution in [2.45, 2.75) is 11.4 Å². The standard InChI is InChI=1S/C12H14FN3O2S/c1-15-8-10(7-14-15)9-16(2)19(17,18)12-6-4-3-5-11(12)13/h3-8H,9H2,1-2H3. The molecule has 0 saturated carbocycles. The summed E-state index contributed by atoms with van der Waals surface area (Å²) in [4.78, 5) is -0.318. The first-order chi connectivity index (χ1) is 8.91. The van der Waals surface area contributed by atoms with Gasteiger partial charge in [0.25, 0.3) is 0 Å². The second-order valence-electron chi connectivity index (χ2n) is 4.21. The molecule has 1 aromatic heterocycles. The normalized spacial score (nSPS) is 12.0. The van der Waals surface area contributed by atoms with Crippen LogP contribution in [0.15, 0.2) is 41.6 Å². The van der Waals surface area contributed by atoms with Gasteiger partial charge in [0.2, 0.25) is 10.0 Å². The number of sulfonamides is 1. The summed E-state index contributed by atoms with van der Waals surface area (Å²) in [6.07, 6.45) is 3.29. The number of aromatic nitrogens is 2. The Morgan fingerprint density at radius 1 is 1.37 bits per heavy atom. The molecule has 0 aliphatic rings. The maximum absolute atomic E-state index is 13.6. The van der Waals surface area contributed by atoms with Crippen LogP contribution in [-0.2, 0) is 23.6 Å². The highest BCUT2D eigenvalue weighted by Crippen LogP contribution is 2.19. The highest BCUT2D eigenvalue weighted by atomic mass is 32.2. The van der Waals surface area contributed by atoms with E-state index < -0.39 is 15.8 Å². The van der Waals surface area contributed by atoms with Crippen LogP contribution in [0.3, 0.4) is 0 Å². The van der Waals surface area contributed by atoms with Gasteiger partial charge in [-0.1, -0.05) is 12.1 Å². The van der Waals surface area contributed by atoms with Gasteiger partial charge in [0.05, 0.1) is 6.20 Å². The first-order valence-corrected chi connectivity index (χ1v) is 7.03. The van der Waals surface area contributed by atoms with Gasteiger partial charge >= 0.3 is 0 Å². The summed E-state index contributed by atoms with van der Waals surface area (Å²) in [5, 5.41) is 3.96. The molecule has 0 spiro atoms. The molecule has 102 valence electrons. The molecule has 0 saturated heterocycles. The third-order valence-electron chi connectivity index (χ3n) is 2.69. The summed E-state index contributed by atoms with van der Waals surface area (Å²) >= 11 is 0. The summed E-state index contributed by atoms with van der Waals surface area (Å²) in [6, 6.07) is 5.33. The summed E-state index contributed by atoms with van der Waals surface area (Å²) in [5.41, 5.74) is 0.741. The van der Waals surface area contributed by atoms with Crippen molar-refractivity contribution in [3.8, 4) is 0 Å². The van der Waals surface area contributed by atoms with Gasteiger partial charge in [0.1, 0.15) is 10.7 Å². The summed E-state index contributed by atoms with van der Waals surface area (Å²) in [6.45, 7) is 0.143. The van der Waals surface area contributed by atoms with Crippen molar-refractivity contribution in [2.75, 3.05) is 7.05 Å². The van der Waals surface area contributed by atoms with E-state index in [9.17, 15) is 12.8 Å². The van der Waals surface area contributed by atoms with E-state index in [0.29, 0.717) is 0 Å². The molecular weight excluding hydrogens is 269 g/mol. The fraction of sp³-hybridized carbons (Fsp3) is 0.250. The topological polar surface area (TPSA) is 55.2 Å². The van der Waals surface area contributed by atoms with E-state index in [4.69, 9.17) is 0 Å². The maximum Gasteiger partial charge on any atom is 0.246 e. The third-order valence-corrected chi connectivity index (χ3v) is 4.53. The Hall–Kier alpha value is -1.73. The van der Waals surface area contributed by atoms with Crippen LogP contribution in [0.1, 0.15) is 5.56 Å². The Bertz CT molecular complexity index is 682. The van der Waals surface area contributed by atoms with Crippen molar-refractivity contribution in [3.05, 3.63) is 48.0 Å². The van der Waals surface area contributed by atoms with E-state index >= 15 is 0 Å². The molecule has 0 fully saturated rings. The molecule has 2 rings (SSSR count). The SMILES string of the molecule is CN(Cc1cnn(C)c1)S(=O)(=O)c1ccccc1F. The largest absolute Gasteiger partial charge is 0.275 e. The molecule has 0 aliphatic carbocycles. The van der Waals surface area contributed by atoms with Crippen molar-refractivity contribution in [2.24, 2.45) is 7.05 Å². The Morgan fingerprint density at radius 3 is 2.63 bits per heavy atom. The lowest BCUT2D eigenvalue weighted by atomic mass is 10.3. The first kappa shape index (κ1) is 13.7. The fourth-order valence-corrected chi connectivity index (χ4v) is 2.94. The predicted molar refractivity (Wildman–Crippen MR) is 68.3 cm³/mol. The number of nitrogens with zero attached hydrogens (tertiary/aromatic N) is 3. The van der Waals surface area contributed by atoms with E-state index in [1.54, 1.807) is 24.1 Å². The molecule has 0 N–H and O–H groups in total. The summed E-state index contributed by atoms with van der Waals surface area (Å²) < 4.78 is 40.7. The highest BCUT2D eigenvalue weighted by Gasteiger charge is 2.24. The molecule has 2 aromatic rings. The van der Waals surface area contributed by atoms with Gasteiger partial charge < -0.3 is 0 Å². The van der Waals surface area contributed by atoms with Crippen molar-refractivity contribution in [3.63, 3.8) is 0 Å². The lowest BCUT2D eigenvalue weighted by molar-refractivity contribution is 0.460. The smallest absolute Gasteiger partial charge is 0.246 e. The summed E-state index contributed by atoms with van der Waals surface area (Å²) in [7, 11) is -0.681. The van der Waals surface area contributed by atoms with Crippen LogP contribution < -0.4 is 0 Å². The van der Waals surface area contributed by atoms with E-state index in [2.05, 4.69) is 5.10 Å². The number of hydrogen-bond donors (Lipinski definition) is 0. The Kier molecular flexibility index (Phi) is 3.68. The van der Waals surface area contributed by atoms with Crippen molar-refractivity contribution in [1.29, 1.82) is 0 Å². The van der Waals surface area contributed by atoms with Gasteiger partial charge in [0, 0.05) is 32.4 Å². The van der Waals surface area contributed by atoms with Crippen molar-refractivity contribution < 1.29 is 12.8 Å². The number of benzene rings is 1. The van der Waals surface area contributed by atoms with Gasteiger partial charge in [-0.15, -0.1) is 0 Å². The van der Waals surface area contributed by atoms with Gasteiger partial charge in [0.15, 0.2) is 0 Å². The molecule has 0 radical (unpaired) electrons. The Morgan fingerprint density at radius 2 is 2.05 bits per heavy atom. The van der Waals surface area contributed by atoms with E-state index in [1.165, 1.54) is 25.2 Å². The third kappa shape index (κ3) is 2.82. The molecule has 0 unspecified atom stereocenters. The Balaban J connectivity index is 2.27. The van der Waals surface area contributed by atoms with E-state index in [1.807, 2.05) is 0 Å². The lowest BCUT2D eigenvalue weighted by Gasteiger charge is -2.16. The monoisotopic (exact) mass is 283 g/mol. The summed E-state index contributed by atoms with van der Waals surface area (Å²) in [5.74, 6) is -0.750. The van der Waals surface area contributed by atoms with E-state index in [0.717, 1.165) is 15.9 Å². The minimum Gasteiger partial charge on any atom is -0.275 e. The van der Waals surface area contributed by atoms with Crippen LogP contribution in [0.2, 0.25) is 0 Å². The molecule has 1 aromatic carbocycles. The van der Waals surface area contributed by atoms with Gasteiger partial charge in [-0.25, -0.2) is 12.8 Å². The van der Waals surface area contributed by atoms with Crippen molar-refractivity contribution in [1.82, 2.24) is 14.1 Å². The molecule has 0 aliphatic heterocycles. The quantitative estimate of drug-likeness (QED) is 0.852. The minimum absolute atomic E-state index is 0.143. The zero-order chi connectivity index (χ0) is 14.0. The number of halogens is 1. The molecule has 1 heterocycles. The highest BCUT2D eigenvalue weighted by molar-refractivity contribution is 7.89. The van der Waals surface area contributed by atoms with Gasteiger partial charge in [-0.05, 0) is 12.1 Å². The Labute approximate surface area is 111 Å². The molecule has 7 heteroatoms. The van der Waals surface area contributed by atoms with Crippen molar-refractivity contribution >= 4 is 10.0 Å². The number of hydrogen-bond acceptors (Lipinski definition) is 3. The number of rotatable bonds is 4. The average Bonchev–Trinajstić information content (AvgIpc) is 2.75. The van der Waals surface area contributed by atoms with Crippen LogP contribution in [0.4, 0.5) is 4.39 Å². The minimum atomic E-state index is -3.84. The van der Waals surface area contributed by atoms with E-state index in [-0.39, 0.29) is 11.4 Å². The molecule has 0 amide bonds. The fourth-order valence-electron chi connectivity index (χ4n) is 1.72. The van der Waals surface area contributed by atoms with Crippen LogP contribution in [0.5, 0.6) is 0 Å². The predicted octanol–water partition coefficient (Wildman–Crippen LogP) is 1.38. The lowest BCUT2D eigenvalue weighted by Crippen LogP contribution is -2.27. The molecule has 5 nitrogen and oxygen atoms in total. The van der Waals surface area contributed by atoms with Gasteiger partial charge in [-0.2, -0.15) is 9.40 Å². The van der Waals surface area contributed by atoms with Crippen LogP contribution in [0, 0.1) is 5.82 Å². The zero-order valence-electron chi connectivity index (χ0n) is 10.6. The molecule has 19 heavy (non-hydrogen) atoms. The number of aryl methyl sites for hydroxylation is 1. The molecule has 0 atom stereocenters. The second kappa shape index (κ2) is 5.10. The van der Waals surface area contributed by atoms with Crippen LogP contribution >= 0.6 is 0 Å². The first-order valence-electron chi connectivity index (χ1n) is 5.59. The second-order valence-corrected chi connectivity index (χ2v) is 6.23. The maximum atomic E-state index is 13.6. The average molecular weight is 283 g/mol. The van der Waals surface area contributed by atoms with Gasteiger partial charge in [-0.3, -0.25) is 4.68 Å².